The van der Waals surface area contributed by atoms with Crippen LogP contribution in [0.5, 0.6) is 0 Å². The Hall–Kier alpha value is -1.14. The summed E-state index contributed by atoms with van der Waals surface area (Å²) >= 11 is 17.4. The Kier molecular flexibility index (Phi) is 4.34. The van der Waals surface area contributed by atoms with Crippen molar-refractivity contribution < 1.29 is 8.42 Å². The molecule has 8 heteroatoms. The Labute approximate surface area is 131 Å². The molecular weight excluding hydrogens is 343 g/mol. The van der Waals surface area contributed by atoms with E-state index in [0.29, 0.717) is 5.02 Å². The van der Waals surface area contributed by atoms with E-state index in [1.165, 1.54) is 36.4 Å². The fraction of sp³-hybridized carbons (Fsp3) is 0. The normalized spacial score (nSPS) is 11.3. The van der Waals surface area contributed by atoms with Crippen LogP contribution in [0.2, 0.25) is 15.1 Å². The Morgan fingerprint density at radius 2 is 1.60 bits per heavy atom. The molecule has 106 valence electrons. The first kappa shape index (κ1) is 15.3. The van der Waals surface area contributed by atoms with Crippen molar-refractivity contribution in [2.24, 2.45) is 0 Å². The molecule has 0 heterocycles. The highest BCUT2D eigenvalue weighted by molar-refractivity contribution is 7.92. The van der Waals surface area contributed by atoms with Gasteiger partial charge in [-0.05, 0) is 36.4 Å². The summed E-state index contributed by atoms with van der Waals surface area (Å²) < 4.78 is 26.8. The first-order valence-electron chi connectivity index (χ1n) is 5.32. The molecule has 0 aromatic heterocycles. The predicted molar refractivity (Wildman–Crippen MR) is 83.1 cm³/mol. The second-order valence-corrected chi connectivity index (χ2v) is 6.82. The molecule has 0 spiro atoms. The third kappa shape index (κ3) is 3.30. The van der Waals surface area contributed by atoms with Crippen LogP contribution in [-0.2, 0) is 10.0 Å². The van der Waals surface area contributed by atoms with Crippen LogP contribution >= 0.6 is 34.8 Å². The van der Waals surface area contributed by atoms with Gasteiger partial charge in [0.05, 0.1) is 21.4 Å². The fourth-order valence-corrected chi connectivity index (χ4v) is 3.43. The lowest BCUT2D eigenvalue weighted by atomic mass is 10.3. The number of halogens is 3. The van der Waals surface area contributed by atoms with Crippen molar-refractivity contribution in [1.82, 2.24) is 0 Å². The van der Waals surface area contributed by atoms with Gasteiger partial charge < -0.3 is 5.73 Å². The van der Waals surface area contributed by atoms with Crippen molar-refractivity contribution in [3.05, 3.63) is 51.5 Å². The molecule has 0 amide bonds. The van der Waals surface area contributed by atoms with E-state index in [9.17, 15) is 8.42 Å². The van der Waals surface area contributed by atoms with Crippen molar-refractivity contribution in [3.63, 3.8) is 0 Å². The van der Waals surface area contributed by atoms with Crippen molar-refractivity contribution in [1.29, 1.82) is 0 Å². The second kappa shape index (κ2) is 5.69. The van der Waals surface area contributed by atoms with Gasteiger partial charge in [0.15, 0.2) is 0 Å². The number of nitrogen functional groups attached to an aromatic ring is 1. The molecule has 0 aliphatic rings. The molecule has 0 atom stereocenters. The lowest BCUT2D eigenvalue weighted by Gasteiger charge is -2.10. The van der Waals surface area contributed by atoms with Gasteiger partial charge >= 0.3 is 0 Å². The SMILES string of the molecule is Nc1cc(NS(=O)(=O)c2cc(Cl)ccc2Cl)ccc1Cl. The summed E-state index contributed by atoms with van der Waals surface area (Å²) in [5.74, 6) is 0. The Morgan fingerprint density at radius 1 is 0.950 bits per heavy atom. The monoisotopic (exact) mass is 350 g/mol. The van der Waals surface area contributed by atoms with Gasteiger partial charge in [0.1, 0.15) is 4.90 Å². The van der Waals surface area contributed by atoms with Crippen molar-refractivity contribution in [2.75, 3.05) is 10.5 Å². The highest BCUT2D eigenvalue weighted by Crippen LogP contribution is 2.28. The number of anilines is 2. The molecule has 2 aromatic carbocycles. The number of hydrogen-bond donors (Lipinski definition) is 2. The summed E-state index contributed by atoms with van der Waals surface area (Å²) in [6.07, 6.45) is 0. The van der Waals surface area contributed by atoms with Gasteiger partial charge in [-0.3, -0.25) is 4.72 Å². The Bertz CT molecular complexity index is 763. The van der Waals surface area contributed by atoms with E-state index in [-0.39, 0.29) is 26.3 Å². The van der Waals surface area contributed by atoms with E-state index < -0.39 is 10.0 Å². The average molecular weight is 352 g/mol. The molecular formula is C12H9Cl3N2O2S. The zero-order chi connectivity index (χ0) is 14.9. The fourth-order valence-electron chi connectivity index (χ4n) is 1.50. The lowest BCUT2D eigenvalue weighted by molar-refractivity contribution is 0.601. The first-order chi connectivity index (χ1) is 9.29. The summed E-state index contributed by atoms with van der Waals surface area (Å²) in [6, 6.07) is 8.59. The van der Waals surface area contributed by atoms with Crippen LogP contribution in [0, 0.1) is 0 Å². The molecule has 0 bridgehead atoms. The summed E-state index contributed by atoms with van der Waals surface area (Å²) in [5.41, 5.74) is 6.17. The minimum Gasteiger partial charge on any atom is -0.397 e. The van der Waals surface area contributed by atoms with Crippen LogP contribution < -0.4 is 10.5 Å². The summed E-state index contributed by atoms with van der Waals surface area (Å²) in [5, 5.41) is 0.683. The van der Waals surface area contributed by atoms with E-state index >= 15 is 0 Å². The number of sulfonamides is 1. The van der Waals surface area contributed by atoms with Crippen LogP contribution in [0.3, 0.4) is 0 Å². The van der Waals surface area contributed by atoms with E-state index in [1.807, 2.05) is 0 Å². The molecule has 0 saturated carbocycles. The van der Waals surface area contributed by atoms with Crippen molar-refractivity contribution in [2.45, 2.75) is 4.90 Å². The largest absolute Gasteiger partial charge is 0.397 e. The van der Waals surface area contributed by atoms with Crippen LogP contribution in [0.25, 0.3) is 0 Å². The third-order valence-corrected chi connectivity index (χ3v) is 4.87. The van der Waals surface area contributed by atoms with E-state index in [0.717, 1.165) is 0 Å². The molecule has 0 fully saturated rings. The van der Waals surface area contributed by atoms with Gasteiger partial charge in [-0.15, -0.1) is 0 Å². The standard InChI is InChI=1S/C12H9Cl3N2O2S/c13-7-1-3-10(15)12(5-7)20(18,19)17-8-2-4-9(14)11(16)6-8/h1-6,17H,16H2. The van der Waals surface area contributed by atoms with E-state index in [2.05, 4.69) is 4.72 Å². The molecule has 0 aliphatic heterocycles. The first-order valence-corrected chi connectivity index (χ1v) is 7.94. The predicted octanol–water partition coefficient (Wildman–Crippen LogP) is 4.03. The Balaban J connectivity index is 2.40. The number of benzene rings is 2. The maximum Gasteiger partial charge on any atom is 0.263 e. The third-order valence-electron chi connectivity index (χ3n) is 2.43. The Morgan fingerprint density at radius 3 is 2.25 bits per heavy atom. The van der Waals surface area contributed by atoms with Gasteiger partial charge in [0.25, 0.3) is 10.0 Å². The second-order valence-electron chi connectivity index (χ2n) is 3.92. The van der Waals surface area contributed by atoms with Crippen molar-refractivity contribution in [3.8, 4) is 0 Å². The lowest BCUT2D eigenvalue weighted by Crippen LogP contribution is -2.13. The molecule has 0 aliphatic carbocycles. The van der Waals surface area contributed by atoms with Gasteiger partial charge in [0.2, 0.25) is 0 Å². The van der Waals surface area contributed by atoms with Gasteiger partial charge in [-0.25, -0.2) is 8.42 Å². The average Bonchev–Trinajstić information content (AvgIpc) is 2.36. The number of nitrogens with one attached hydrogen (secondary N) is 1. The summed E-state index contributed by atoms with van der Waals surface area (Å²) in [4.78, 5) is -0.111. The van der Waals surface area contributed by atoms with E-state index in [1.54, 1.807) is 0 Å². The quantitative estimate of drug-likeness (QED) is 0.820. The topological polar surface area (TPSA) is 72.2 Å². The molecule has 2 rings (SSSR count). The van der Waals surface area contributed by atoms with E-state index in [4.69, 9.17) is 40.5 Å². The molecule has 0 radical (unpaired) electrons. The molecule has 4 nitrogen and oxygen atoms in total. The molecule has 0 saturated heterocycles. The zero-order valence-corrected chi connectivity index (χ0v) is 13.0. The maximum atomic E-state index is 12.2. The molecule has 0 unspecified atom stereocenters. The molecule has 3 N–H and O–H groups in total. The number of nitrogens with two attached hydrogens (primary N) is 1. The summed E-state index contributed by atoms with van der Waals surface area (Å²) in [7, 11) is -3.86. The maximum absolute atomic E-state index is 12.2. The van der Waals surface area contributed by atoms with Gasteiger partial charge in [-0.2, -0.15) is 0 Å². The number of hydrogen-bond acceptors (Lipinski definition) is 3. The highest BCUT2D eigenvalue weighted by atomic mass is 35.5. The van der Waals surface area contributed by atoms with Crippen LogP contribution in [-0.4, -0.2) is 8.42 Å². The van der Waals surface area contributed by atoms with Crippen LogP contribution in [0.15, 0.2) is 41.3 Å². The van der Waals surface area contributed by atoms with Crippen molar-refractivity contribution >= 4 is 56.2 Å². The van der Waals surface area contributed by atoms with Gasteiger partial charge in [-0.1, -0.05) is 34.8 Å². The molecule has 20 heavy (non-hydrogen) atoms. The zero-order valence-electron chi connectivity index (χ0n) is 9.90. The summed E-state index contributed by atoms with van der Waals surface area (Å²) in [6.45, 7) is 0. The highest BCUT2D eigenvalue weighted by Gasteiger charge is 2.18. The smallest absolute Gasteiger partial charge is 0.263 e. The van der Waals surface area contributed by atoms with Gasteiger partial charge in [0, 0.05) is 5.02 Å². The minimum atomic E-state index is -3.86. The number of rotatable bonds is 3. The van der Waals surface area contributed by atoms with Crippen LogP contribution in [0.4, 0.5) is 11.4 Å². The van der Waals surface area contributed by atoms with Crippen LogP contribution in [0.1, 0.15) is 0 Å². The molecule has 2 aromatic rings. The minimum absolute atomic E-state index is 0.0730.